The van der Waals surface area contributed by atoms with Gasteiger partial charge in [-0.3, -0.25) is 9.59 Å². The SMILES string of the molecule is COCC(C)NC(=O)COC(=O)CCc1c(C)nc2nc(C(F)(F)F)nn2c1C. The maximum absolute atomic E-state index is 12.8. The number of rotatable bonds is 8. The van der Waals surface area contributed by atoms with Crippen LogP contribution in [0.25, 0.3) is 5.78 Å². The number of carbonyl (C=O) groups excluding carboxylic acids is 2. The molecule has 0 aliphatic rings. The van der Waals surface area contributed by atoms with Gasteiger partial charge in [0.25, 0.3) is 17.5 Å². The van der Waals surface area contributed by atoms with Gasteiger partial charge in [0.05, 0.1) is 6.61 Å². The van der Waals surface area contributed by atoms with Gasteiger partial charge in [-0.25, -0.2) is 9.50 Å². The Kier molecular flexibility index (Phi) is 7.11. The summed E-state index contributed by atoms with van der Waals surface area (Å²) in [5.41, 5.74) is 1.40. The van der Waals surface area contributed by atoms with Gasteiger partial charge in [-0.2, -0.15) is 18.2 Å². The van der Waals surface area contributed by atoms with Crippen molar-refractivity contribution < 1.29 is 32.2 Å². The molecule has 0 radical (unpaired) electrons. The Bertz CT molecular complexity index is 897. The highest BCUT2D eigenvalue weighted by molar-refractivity contribution is 5.80. The Hall–Kier alpha value is -2.76. The first kappa shape index (κ1) is 22.5. The number of ether oxygens (including phenoxy) is 2. The molecule has 0 saturated carbocycles. The lowest BCUT2D eigenvalue weighted by Gasteiger charge is -2.13. The van der Waals surface area contributed by atoms with Crippen molar-refractivity contribution in [2.45, 2.75) is 45.8 Å². The van der Waals surface area contributed by atoms with Gasteiger partial charge in [-0.05, 0) is 32.8 Å². The van der Waals surface area contributed by atoms with Crippen LogP contribution in [0.1, 0.15) is 36.1 Å². The van der Waals surface area contributed by atoms with Gasteiger partial charge in [0, 0.05) is 31.0 Å². The minimum atomic E-state index is -4.68. The van der Waals surface area contributed by atoms with Crippen LogP contribution in [-0.4, -0.2) is 57.8 Å². The van der Waals surface area contributed by atoms with Crippen LogP contribution in [0.15, 0.2) is 0 Å². The first-order valence-electron chi connectivity index (χ1n) is 8.77. The van der Waals surface area contributed by atoms with Crippen molar-refractivity contribution in [1.82, 2.24) is 24.9 Å². The summed E-state index contributed by atoms with van der Waals surface area (Å²) in [6, 6.07) is -0.224. The predicted molar refractivity (Wildman–Crippen MR) is 94.0 cm³/mol. The van der Waals surface area contributed by atoms with Crippen LogP contribution in [0.2, 0.25) is 0 Å². The van der Waals surface area contributed by atoms with E-state index in [9.17, 15) is 22.8 Å². The molecular weight excluding hydrogens is 395 g/mol. The smallest absolute Gasteiger partial charge is 0.453 e. The molecule has 29 heavy (non-hydrogen) atoms. The molecule has 0 fully saturated rings. The average molecular weight is 417 g/mol. The molecule has 1 N–H and O–H groups in total. The Morgan fingerprint density at radius 1 is 1.24 bits per heavy atom. The fourth-order valence-corrected chi connectivity index (χ4v) is 2.74. The number of methoxy groups -OCH3 is 1. The number of nitrogens with zero attached hydrogens (tertiary/aromatic N) is 4. The summed E-state index contributed by atoms with van der Waals surface area (Å²) in [5, 5.41) is 6.05. The van der Waals surface area contributed by atoms with Crippen molar-refractivity contribution in [1.29, 1.82) is 0 Å². The molecule has 2 aromatic rings. The van der Waals surface area contributed by atoms with Crippen molar-refractivity contribution in [3.63, 3.8) is 0 Å². The van der Waals surface area contributed by atoms with E-state index in [4.69, 9.17) is 9.47 Å². The van der Waals surface area contributed by atoms with Crippen LogP contribution in [0.3, 0.4) is 0 Å². The molecule has 1 atom stereocenters. The number of carbonyl (C=O) groups is 2. The van der Waals surface area contributed by atoms with E-state index in [-0.39, 0.29) is 24.7 Å². The highest BCUT2D eigenvalue weighted by Gasteiger charge is 2.37. The first-order chi connectivity index (χ1) is 13.5. The summed E-state index contributed by atoms with van der Waals surface area (Å²) in [5.74, 6) is -2.52. The highest BCUT2D eigenvalue weighted by atomic mass is 19.4. The summed E-state index contributed by atoms with van der Waals surface area (Å²) < 4.78 is 49.3. The summed E-state index contributed by atoms with van der Waals surface area (Å²) in [4.78, 5) is 31.0. The number of hydrogen-bond donors (Lipinski definition) is 1. The molecule has 2 aromatic heterocycles. The van der Waals surface area contributed by atoms with E-state index < -0.39 is 30.5 Å². The number of aromatic nitrogens is 4. The first-order valence-corrected chi connectivity index (χ1v) is 8.77. The zero-order chi connectivity index (χ0) is 21.8. The lowest BCUT2D eigenvalue weighted by Crippen LogP contribution is -2.38. The number of esters is 1. The van der Waals surface area contributed by atoms with Crippen LogP contribution in [0.4, 0.5) is 13.2 Å². The van der Waals surface area contributed by atoms with Crippen LogP contribution >= 0.6 is 0 Å². The molecule has 1 amide bonds. The molecule has 12 heteroatoms. The van der Waals surface area contributed by atoms with Gasteiger partial charge in [0.2, 0.25) is 0 Å². The van der Waals surface area contributed by atoms with Crippen LogP contribution in [0.5, 0.6) is 0 Å². The minimum absolute atomic E-state index is 0.0728. The monoisotopic (exact) mass is 417 g/mol. The number of amides is 1. The Labute approximate surface area is 164 Å². The van der Waals surface area contributed by atoms with Crippen LogP contribution in [-0.2, 0) is 31.7 Å². The third kappa shape index (κ3) is 5.86. The van der Waals surface area contributed by atoms with Gasteiger partial charge in [0.15, 0.2) is 6.61 Å². The van der Waals surface area contributed by atoms with Crippen molar-refractivity contribution in [2.75, 3.05) is 20.3 Å². The number of halogens is 3. The van der Waals surface area contributed by atoms with Gasteiger partial charge in [-0.1, -0.05) is 0 Å². The second kappa shape index (κ2) is 9.16. The normalized spacial score (nSPS) is 12.8. The third-order valence-corrected chi connectivity index (χ3v) is 4.07. The molecular formula is C17H22F3N5O4. The highest BCUT2D eigenvalue weighted by Crippen LogP contribution is 2.27. The van der Waals surface area contributed by atoms with Gasteiger partial charge < -0.3 is 14.8 Å². The lowest BCUT2D eigenvalue weighted by molar-refractivity contribution is -0.148. The maximum atomic E-state index is 12.8. The molecule has 0 aliphatic heterocycles. The number of nitrogens with one attached hydrogen (secondary N) is 1. The number of fused-ring (bicyclic) bond motifs is 1. The topological polar surface area (TPSA) is 108 Å². The maximum Gasteiger partial charge on any atom is 0.453 e. The molecule has 9 nitrogen and oxygen atoms in total. The third-order valence-electron chi connectivity index (χ3n) is 4.07. The Balaban J connectivity index is 1.99. The molecule has 1 unspecified atom stereocenters. The quantitative estimate of drug-likeness (QED) is 0.647. The number of hydrogen-bond acceptors (Lipinski definition) is 7. The van der Waals surface area contributed by atoms with E-state index in [0.29, 0.717) is 23.6 Å². The summed E-state index contributed by atoms with van der Waals surface area (Å²) in [6.45, 7) is 4.82. The number of aryl methyl sites for hydroxylation is 2. The van der Waals surface area contributed by atoms with Gasteiger partial charge >= 0.3 is 12.1 Å². The van der Waals surface area contributed by atoms with Crippen LogP contribution < -0.4 is 5.32 Å². The van der Waals surface area contributed by atoms with E-state index in [2.05, 4.69) is 20.4 Å². The molecule has 0 bridgehead atoms. The van der Waals surface area contributed by atoms with E-state index in [1.807, 2.05) is 0 Å². The largest absolute Gasteiger partial charge is 0.456 e. The summed E-state index contributed by atoms with van der Waals surface area (Å²) >= 11 is 0. The van der Waals surface area contributed by atoms with E-state index in [1.54, 1.807) is 20.8 Å². The van der Waals surface area contributed by atoms with Crippen molar-refractivity contribution in [3.05, 3.63) is 22.8 Å². The Morgan fingerprint density at radius 2 is 1.93 bits per heavy atom. The molecule has 0 saturated heterocycles. The van der Waals surface area contributed by atoms with E-state index >= 15 is 0 Å². The van der Waals surface area contributed by atoms with Crippen molar-refractivity contribution in [3.8, 4) is 0 Å². The molecule has 0 aromatic carbocycles. The minimum Gasteiger partial charge on any atom is -0.456 e. The zero-order valence-electron chi connectivity index (χ0n) is 16.5. The summed E-state index contributed by atoms with van der Waals surface area (Å²) in [6.07, 6.45) is -4.59. The fraction of sp³-hybridized carbons (Fsp3) is 0.588. The van der Waals surface area contributed by atoms with Crippen LogP contribution in [0, 0.1) is 13.8 Å². The van der Waals surface area contributed by atoms with E-state index in [1.165, 1.54) is 7.11 Å². The van der Waals surface area contributed by atoms with Crippen molar-refractivity contribution >= 4 is 17.7 Å². The van der Waals surface area contributed by atoms with E-state index in [0.717, 1.165) is 4.52 Å². The van der Waals surface area contributed by atoms with Gasteiger partial charge in [-0.15, -0.1) is 5.10 Å². The molecule has 2 heterocycles. The lowest BCUT2D eigenvalue weighted by atomic mass is 10.1. The molecule has 0 spiro atoms. The molecule has 2 rings (SSSR count). The second-order valence-electron chi connectivity index (χ2n) is 6.49. The second-order valence-corrected chi connectivity index (χ2v) is 6.49. The molecule has 0 aliphatic carbocycles. The zero-order valence-corrected chi connectivity index (χ0v) is 16.5. The summed E-state index contributed by atoms with van der Waals surface area (Å²) in [7, 11) is 1.50. The number of alkyl halides is 3. The Morgan fingerprint density at radius 3 is 2.55 bits per heavy atom. The fourth-order valence-electron chi connectivity index (χ4n) is 2.74. The predicted octanol–water partition coefficient (Wildman–Crippen LogP) is 1.39. The standard InChI is InChI=1S/C17H22F3N5O4/c1-9(7-28-4)21-13(26)8-29-14(27)6-5-12-10(2)22-16-23-15(17(18,19)20)24-25(16)11(12)3/h9H,5-8H2,1-4H3,(H,21,26). The van der Waals surface area contributed by atoms with Crippen molar-refractivity contribution in [2.24, 2.45) is 0 Å². The molecule has 160 valence electrons. The van der Waals surface area contributed by atoms with Gasteiger partial charge in [0.1, 0.15) is 0 Å². The average Bonchev–Trinajstić information content (AvgIpc) is 3.04.